The van der Waals surface area contributed by atoms with E-state index in [1.54, 1.807) is 0 Å². The summed E-state index contributed by atoms with van der Waals surface area (Å²) in [6, 6.07) is 0. The number of unbranched alkanes of at least 4 members (excludes halogenated alkanes) is 25. The molecule has 0 aliphatic rings. The van der Waals surface area contributed by atoms with Crippen LogP contribution in [0.4, 0.5) is 0 Å². The van der Waals surface area contributed by atoms with E-state index in [0.717, 1.165) is 109 Å². The second kappa shape index (κ2) is 55.2. The molecule has 0 aromatic carbocycles. The summed E-state index contributed by atoms with van der Waals surface area (Å²) in [5, 5.41) is 0. The van der Waals surface area contributed by atoms with Crippen molar-refractivity contribution in [1.29, 1.82) is 0 Å². The Kier molecular flexibility index (Phi) is 52.4. The molecule has 384 valence electrons. The second-order valence-corrected chi connectivity index (χ2v) is 18.5. The predicted molar refractivity (Wildman–Crippen MR) is 288 cm³/mol. The average molecular weight is 933 g/mol. The molecule has 0 bridgehead atoms. The van der Waals surface area contributed by atoms with Crippen molar-refractivity contribution in [1.82, 2.24) is 0 Å². The maximum Gasteiger partial charge on any atom is 0.306 e. The molecule has 0 aromatic rings. The number of ether oxygens (including phenoxy) is 3. The molecule has 0 saturated carbocycles. The molecule has 67 heavy (non-hydrogen) atoms. The van der Waals surface area contributed by atoms with Crippen molar-refractivity contribution in [2.24, 2.45) is 0 Å². The van der Waals surface area contributed by atoms with Crippen molar-refractivity contribution in [3.8, 4) is 0 Å². The molecular formula is C61H104O6. The van der Waals surface area contributed by atoms with Crippen LogP contribution >= 0.6 is 0 Å². The normalized spacial score (nSPS) is 12.7. The van der Waals surface area contributed by atoms with Gasteiger partial charge in [-0.2, -0.15) is 0 Å². The van der Waals surface area contributed by atoms with Gasteiger partial charge in [0.25, 0.3) is 0 Å². The first-order chi connectivity index (χ1) is 33.0. The highest BCUT2D eigenvalue weighted by atomic mass is 16.6. The first-order valence-corrected chi connectivity index (χ1v) is 28.1. The summed E-state index contributed by atoms with van der Waals surface area (Å²) in [6.07, 6.45) is 71.5. The fourth-order valence-corrected chi connectivity index (χ4v) is 7.63. The highest BCUT2D eigenvalue weighted by Crippen LogP contribution is 2.14. The van der Waals surface area contributed by atoms with Crippen molar-refractivity contribution in [3.05, 3.63) is 85.1 Å². The van der Waals surface area contributed by atoms with E-state index in [1.165, 1.54) is 116 Å². The van der Waals surface area contributed by atoms with Gasteiger partial charge in [-0.1, -0.05) is 215 Å². The summed E-state index contributed by atoms with van der Waals surface area (Å²) in [6.45, 7) is 6.46. The summed E-state index contributed by atoms with van der Waals surface area (Å²) >= 11 is 0. The van der Waals surface area contributed by atoms with Crippen molar-refractivity contribution in [2.75, 3.05) is 13.2 Å². The van der Waals surface area contributed by atoms with Crippen LogP contribution in [-0.4, -0.2) is 37.2 Å². The SMILES string of the molecule is CC/C=C\C/C=C\C/C=C\CCCCCC(=O)OC(COC(=O)CCCCCCC/C=C\CCCCCC)COC(=O)CCCCCCCCCC/C=C\C/C=C\C/C=C\CCCCCCC. The Morgan fingerprint density at radius 3 is 0.955 bits per heavy atom. The Balaban J connectivity index is 4.36. The minimum absolute atomic E-state index is 0.0952. The first kappa shape index (κ1) is 63.6. The summed E-state index contributed by atoms with van der Waals surface area (Å²) in [5.74, 6) is -0.938. The van der Waals surface area contributed by atoms with Crippen LogP contribution in [0, 0.1) is 0 Å². The van der Waals surface area contributed by atoms with E-state index in [4.69, 9.17) is 14.2 Å². The third-order valence-corrected chi connectivity index (χ3v) is 11.9. The molecule has 0 aromatic heterocycles. The van der Waals surface area contributed by atoms with Gasteiger partial charge in [0.05, 0.1) is 0 Å². The first-order valence-electron chi connectivity index (χ1n) is 28.1. The molecule has 1 atom stereocenters. The Morgan fingerprint density at radius 2 is 0.582 bits per heavy atom. The molecule has 0 saturated heterocycles. The lowest BCUT2D eigenvalue weighted by Crippen LogP contribution is -2.30. The number of rotatable bonds is 50. The largest absolute Gasteiger partial charge is 0.462 e. The van der Waals surface area contributed by atoms with Gasteiger partial charge < -0.3 is 14.2 Å². The third-order valence-electron chi connectivity index (χ3n) is 11.9. The quantitative estimate of drug-likeness (QED) is 0.0262. The minimum atomic E-state index is -0.798. The van der Waals surface area contributed by atoms with E-state index in [1.807, 2.05) is 0 Å². The molecule has 0 fully saturated rings. The summed E-state index contributed by atoms with van der Waals surface area (Å²) < 4.78 is 16.8. The molecule has 0 heterocycles. The standard InChI is InChI=1S/C61H104O6/c1-4-7-10-13-16-19-22-25-26-27-28-29-30-31-32-33-34-37-39-42-45-48-51-54-60(63)66-57-58(67-61(64)55-52-49-46-43-40-36-24-21-18-15-12-9-6-3)56-65-59(62)53-50-47-44-41-38-35-23-20-17-14-11-8-5-2/h9,12,18,20-23,25,27-28,30-31,36,40,58H,4-8,10-11,13-17,19,24,26,29,32-35,37-39,41-57H2,1-3H3/b12-9-,21-18-,23-20-,25-22-,28-27-,31-30-,40-36-. The Morgan fingerprint density at radius 1 is 0.313 bits per heavy atom. The smallest absolute Gasteiger partial charge is 0.306 e. The Hall–Kier alpha value is -3.41. The van der Waals surface area contributed by atoms with Gasteiger partial charge in [-0.15, -0.1) is 0 Å². The van der Waals surface area contributed by atoms with Gasteiger partial charge in [-0.05, 0) is 116 Å². The Labute approximate surface area is 414 Å². The van der Waals surface area contributed by atoms with Gasteiger partial charge in [-0.3, -0.25) is 14.4 Å². The summed E-state index contributed by atoms with van der Waals surface area (Å²) in [5.41, 5.74) is 0. The van der Waals surface area contributed by atoms with E-state index in [0.29, 0.717) is 12.8 Å². The third kappa shape index (κ3) is 53.4. The molecule has 0 aliphatic heterocycles. The maximum atomic E-state index is 12.8. The van der Waals surface area contributed by atoms with E-state index in [9.17, 15) is 14.4 Å². The molecule has 0 spiro atoms. The fourth-order valence-electron chi connectivity index (χ4n) is 7.63. The molecular weight excluding hydrogens is 829 g/mol. The fraction of sp³-hybridized carbons (Fsp3) is 0.721. The number of esters is 3. The van der Waals surface area contributed by atoms with Crippen LogP contribution in [0.25, 0.3) is 0 Å². The lowest BCUT2D eigenvalue weighted by Gasteiger charge is -2.18. The lowest BCUT2D eigenvalue weighted by atomic mass is 10.1. The zero-order valence-corrected chi connectivity index (χ0v) is 43.9. The van der Waals surface area contributed by atoms with Gasteiger partial charge in [-0.25, -0.2) is 0 Å². The number of hydrogen-bond acceptors (Lipinski definition) is 6. The predicted octanol–water partition coefficient (Wildman–Crippen LogP) is 18.8. The lowest BCUT2D eigenvalue weighted by molar-refractivity contribution is -0.167. The van der Waals surface area contributed by atoms with Gasteiger partial charge in [0.15, 0.2) is 6.10 Å². The van der Waals surface area contributed by atoms with Crippen LogP contribution in [0.15, 0.2) is 85.1 Å². The molecule has 0 radical (unpaired) electrons. The zero-order valence-electron chi connectivity index (χ0n) is 43.9. The van der Waals surface area contributed by atoms with Crippen molar-refractivity contribution in [2.45, 2.75) is 271 Å². The monoisotopic (exact) mass is 933 g/mol. The highest BCUT2D eigenvalue weighted by Gasteiger charge is 2.19. The van der Waals surface area contributed by atoms with Crippen LogP contribution < -0.4 is 0 Å². The molecule has 6 heteroatoms. The number of hydrogen-bond donors (Lipinski definition) is 0. The van der Waals surface area contributed by atoms with E-state index < -0.39 is 6.10 Å². The van der Waals surface area contributed by atoms with E-state index in [-0.39, 0.29) is 37.5 Å². The summed E-state index contributed by atoms with van der Waals surface area (Å²) in [4.78, 5) is 38.0. The molecule has 1 unspecified atom stereocenters. The van der Waals surface area contributed by atoms with Crippen molar-refractivity contribution in [3.63, 3.8) is 0 Å². The highest BCUT2D eigenvalue weighted by molar-refractivity contribution is 5.71. The molecule has 0 amide bonds. The molecule has 0 aliphatic carbocycles. The van der Waals surface area contributed by atoms with E-state index in [2.05, 4.69) is 106 Å². The van der Waals surface area contributed by atoms with Crippen molar-refractivity contribution < 1.29 is 28.6 Å². The van der Waals surface area contributed by atoms with E-state index >= 15 is 0 Å². The topological polar surface area (TPSA) is 78.9 Å². The minimum Gasteiger partial charge on any atom is -0.462 e. The number of carbonyl (C=O) groups is 3. The Bertz CT molecular complexity index is 1300. The molecule has 0 N–H and O–H groups in total. The molecule has 0 rings (SSSR count). The van der Waals surface area contributed by atoms with Crippen LogP contribution in [-0.2, 0) is 28.6 Å². The zero-order chi connectivity index (χ0) is 48.6. The summed E-state index contributed by atoms with van der Waals surface area (Å²) in [7, 11) is 0. The van der Waals surface area contributed by atoms with Gasteiger partial charge >= 0.3 is 17.9 Å². The van der Waals surface area contributed by atoms with Gasteiger partial charge in [0.1, 0.15) is 13.2 Å². The van der Waals surface area contributed by atoms with Crippen LogP contribution in [0.3, 0.4) is 0 Å². The maximum absolute atomic E-state index is 12.8. The van der Waals surface area contributed by atoms with Crippen LogP contribution in [0.1, 0.15) is 265 Å². The second-order valence-electron chi connectivity index (χ2n) is 18.5. The number of allylic oxidation sites excluding steroid dienone is 14. The van der Waals surface area contributed by atoms with Gasteiger partial charge in [0.2, 0.25) is 0 Å². The van der Waals surface area contributed by atoms with Gasteiger partial charge in [0, 0.05) is 19.3 Å². The van der Waals surface area contributed by atoms with Crippen molar-refractivity contribution >= 4 is 17.9 Å². The molecule has 6 nitrogen and oxygen atoms in total. The van der Waals surface area contributed by atoms with Crippen LogP contribution in [0.5, 0.6) is 0 Å². The number of carbonyl (C=O) groups excluding carboxylic acids is 3. The average Bonchev–Trinajstić information content (AvgIpc) is 3.33. The van der Waals surface area contributed by atoms with Crippen LogP contribution in [0.2, 0.25) is 0 Å².